The maximum atomic E-state index is 11.1. The van der Waals surface area contributed by atoms with E-state index in [0.717, 1.165) is 35.4 Å². The molecule has 2 aromatic heterocycles. The SMILES string of the molecule is Cc1ccc([N+](=O)[O-])cc1-c1ccc(C=Nc2sc3c(c2C#N)CC[C@@H](C(C)(C)C)C3)o1. The molecule has 0 amide bonds. The summed E-state index contributed by atoms with van der Waals surface area (Å²) in [5.41, 5.74) is 3.66. The third-order valence-corrected chi connectivity index (χ3v) is 7.38. The Morgan fingerprint density at radius 2 is 2.09 bits per heavy atom. The predicted octanol–water partition coefficient (Wildman–Crippen LogP) is 7.00. The van der Waals surface area contributed by atoms with Crippen LogP contribution in [0.3, 0.4) is 0 Å². The number of nitro groups is 1. The summed E-state index contributed by atoms with van der Waals surface area (Å²) in [6.45, 7) is 8.71. The van der Waals surface area contributed by atoms with Crippen molar-refractivity contribution in [3.8, 4) is 17.4 Å². The van der Waals surface area contributed by atoms with Crippen LogP contribution in [0, 0.1) is 39.7 Å². The van der Waals surface area contributed by atoms with Crippen LogP contribution in [-0.2, 0) is 12.8 Å². The Morgan fingerprint density at radius 1 is 1.31 bits per heavy atom. The van der Waals surface area contributed by atoms with Crippen LogP contribution in [0.5, 0.6) is 0 Å². The number of aliphatic imine (C=N–C) groups is 1. The topological polar surface area (TPSA) is 92.4 Å². The van der Waals surface area contributed by atoms with Crippen molar-refractivity contribution < 1.29 is 9.34 Å². The number of furan rings is 1. The molecule has 0 saturated heterocycles. The standard InChI is InChI=1S/C25H25N3O3S/c1-15-5-7-17(28(29)30)12-20(15)22-10-8-18(31-22)14-27-24-21(13-26)19-9-6-16(25(2,3)4)11-23(19)32-24/h5,7-8,10,12,14,16H,6,9,11H2,1-4H3/t16-/m1/s1. The van der Waals surface area contributed by atoms with Gasteiger partial charge in [0.05, 0.1) is 16.7 Å². The van der Waals surface area contributed by atoms with Gasteiger partial charge in [-0.25, -0.2) is 4.99 Å². The molecule has 0 bridgehead atoms. The summed E-state index contributed by atoms with van der Waals surface area (Å²) in [6, 6.07) is 10.6. The first kappa shape index (κ1) is 22.0. The highest BCUT2D eigenvalue weighted by atomic mass is 32.1. The summed E-state index contributed by atoms with van der Waals surface area (Å²) in [5, 5.41) is 21.6. The normalized spacial score (nSPS) is 16.2. The average Bonchev–Trinajstić information content (AvgIpc) is 3.35. The fourth-order valence-corrected chi connectivity index (χ4v) is 5.42. The summed E-state index contributed by atoms with van der Waals surface area (Å²) < 4.78 is 5.89. The van der Waals surface area contributed by atoms with Gasteiger partial charge in [-0.1, -0.05) is 26.8 Å². The molecule has 0 aliphatic heterocycles. The molecular weight excluding hydrogens is 422 g/mol. The van der Waals surface area contributed by atoms with Gasteiger partial charge in [0.25, 0.3) is 5.69 Å². The van der Waals surface area contributed by atoms with Crippen LogP contribution in [0.2, 0.25) is 0 Å². The summed E-state index contributed by atoms with van der Waals surface area (Å²) in [5.74, 6) is 1.68. The Hall–Kier alpha value is -3.24. The highest BCUT2D eigenvalue weighted by Gasteiger charge is 2.32. The fourth-order valence-electron chi connectivity index (χ4n) is 4.20. The summed E-state index contributed by atoms with van der Waals surface area (Å²) in [7, 11) is 0. The number of fused-ring (bicyclic) bond motifs is 1. The average molecular weight is 448 g/mol. The minimum atomic E-state index is -0.416. The van der Waals surface area contributed by atoms with Crippen molar-refractivity contribution in [2.45, 2.75) is 47.0 Å². The van der Waals surface area contributed by atoms with Crippen LogP contribution < -0.4 is 0 Å². The van der Waals surface area contributed by atoms with Gasteiger partial charge in [0.2, 0.25) is 0 Å². The van der Waals surface area contributed by atoms with Crippen molar-refractivity contribution in [1.82, 2.24) is 0 Å². The second kappa shape index (κ2) is 8.36. The highest BCUT2D eigenvalue weighted by Crippen LogP contribution is 2.45. The fraction of sp³-hybridized carbons (Fsp3) is 0.360. The largest absolute Gasteiger partial charge is 0.455 e. The zero-order valence-corrected chi connectivity index (χ0v) is 19.5. The Kier molecular flexibility index (Phi) is 5.74. The van der Waals surface area contributed by atoms with Gasteiger partial charge < -0.3 is 4.42 Å². The van der Waals surface area contributed by atoms with E-state index in [2.05, 4.69) is 31.8 Å². The maximum Gasteiger partial charge on any atom is 0.270 e. The second-order valence-electron chi connectivity index (χ2n) is 9.32. The molecule has 0 unspecified atom stereocenters. The number of hydrogen-bond donors (Lipinski definition) is 0. The van der Waals surface area contributed by atoms with E-state index in [0.29, 0.717) is 28.6 Å². The number of nitro benzene ring substituents is 1. The minimum absolute atomic E-state index is 0.0219. The molecule has 1 aliphatic rings. The monoisotopic (exact) mass is 447 g/mol. The lowest BCUT2D eigenvalue weighted by molar-refractivity contribution is -0.384. The molecule has 0 saturated carbocycles. The van der Waals surface area contributed by atoms with Crippen molar-refractivity contribution in [3.63, 3.8) is 0 Å². The quantitative estimate of drug-likeness (QED) is 0.244. The Morgan fingerprint density at radius 3 is 2.78 bits per heavy atom. The molecule has 0 N–H and O–H groups in total. The molecule has 2 heterocycles. The number of thiophene rings is 1. The molecule has 0 radical (unpaired) electrons. The van der Waals surface area contributed by atoms with Crippen LogP contribution in [0.1, 0.15) is 54.5 Å². The maximum absolute atomic E-state index is 11.1. The van der Waals surface area contributed by atoms with Gasteiger partial charge in [0.15, 0.2) is 0 Å². The molecule has 1 aromatic carbocycles. The predicted molar refractivity (Wildman–Crippen MR) is 127 cm³/mol. The molecule has 0 fully saturated rings. The van der Waals surface area contributed by atoms with Crippen molar-refractivity contribution in [1.29, 1.82) is 5.26 Å². The third-order valence-electron chi connectivity index (χ3n) is 6.22. The number of non-ortho nitro benzene ring substituents is 1. The molecule has 4 rings (SSSR count). The molecule has 1 atom stereocenters. The van der Waals surface area contributed by atoms with Crippen LogP contribution in [0.25, 0.3) is 11.3 Å². The van der Waals surface area contributed by atoms with E-state index >= 15 is 0 Å². The van der Waals surface area contributed by atoms with Crippen molar-refractivity contribution in [2.75, 3.05) is 0 Å². The summed E-state index contributed by atoms with van der Waals surface area (Å²) in [6.07, 6.45) is 4.62. The molecule has 0 spiro atoms. The molecule has 6 nitrogen and oxygen atoms in total. The van der Waals surface area contributed by atoms with E-state index in [1.165, 1.54) is 17.0 Å². The Bertz CT molecular complexity index is 1250. The van der Waals surface area contributed by atoms with Crippen molar-refractivity contribution in [3.05, 3.63) is 67.8 Å². The molecule has 3 aromatic rings. The number of benzene rings is 1. The van der Waals surface area contributed by atoms with E-state index in [4.69, 9.17) is 4.42 Å². The van der Waals surface area contributed by atoms with E-state index in [1.807, 2.05) is 6.92 Å². The van der Waals surface area contributed by atoms with Gasteiger partial charge in [0.1, 0.15) is 22.6 Å². The summed E-state index contributed by atoms with van der Waals surface area (Å²) >= 11 is 1.60. The van der Waals surface area contributed by atoms with Gasteiger partial charge in [-0.2, -0.15) is 5.26 Å². The zero-order valence-electron chi connectivity index (χ0n) is 18.6. The van der Waals surface area contributed by atoms with Gasteiger partial charge in [-0.15, -0.1) is 11.3 Å². The first-order valence-corrected chi connectivity index (χ1v) is 11.4. The first-order valence-electron chi connectivity index (χ1n) is 10.6. The van der Waals surface area contributed by atoms with Crippen LogP contribution >= 0.6 is 11.3 Å². The highest BCUT2D eigenvalue weighted by molar-refractivity contribution is 7.16. The third kappa shape index (κ3) is 4.23. The van der Waals surface area contributed by atoms with E-state index in [-0.39, 0.29) is 11.1 Å². The van der Waals surface area contributed by atoms with Crippen LogP contribution in [0.15, 0.2) is 39.7 Å². The van der Waals surface area contributed by atoms with Gasteiger partial charge in [-0.05, 0) is 60.8 Å². The van der Waals surface area contributed by atoms with Gasteiger partial charge >= 0.3 is 0 Å². The number of nitrogens with zero attached hydrogens (tertiary/aromatic N) is 3. The minimum Gasteiger partial charge on any atom is -0.455 e. The number of hydrogen-bond acceptors (Lipinski definition) is 6. The molecule has 7 heteroatoms. The lowest BCUT2D eigenvalue weighted by atomic mass is 9.72. The van der Waals surface area contributed by atoms with Gasteiger partial charge in [0, 0.05) is 22.6 Å². The van der Waals surface area contributed by atoms with E-state index in [1.54, 1.807) is 35.8 Å². The Balaban J connectivity index is 1.60. The number of nitriles is 1. The zero-order chi connectivity index (χ0) is 23.0. The smallest absolute Gasteiger partial charge is 0.270 e. The van der Waals surface area contributed by atoms with E-state index < -0.39 is 4.92 Å². The van der Waals surface area contributed by atoms with Gasteiger partial charge in [-0.3, -0.25) is 10.1 Å². The van der Waals surface area contributed by atoms with Crippen LogP contribution in [-0.4, -0.2) is 11.1 Å². The van der Waals surface area contributed by atoms with Crippen LogP contribution in [0.4, 0.5) is 10.7 Å². The van der Waals surface area contributed by atoms with Crippen molar-refractivity contribution in [2.24, 2.45) is 16.3 Å². The molecule has 164 valence electrons. The lowest BCUT2D eigenvalue weighted by Gasteiger charge is -2.33. The van der Waals surface area contributed by atoms with E-state index in [9.17, 15) is 15.4 Å². The first-order chi connectivity index (χ1) is 15.2. The molecule has 1 aliphatic carbocycles. The molecular formula is C25H25N3O3S. The number of rotatable bonds is 4. The number of aryl methyl sites for hydroxylation is 1. The molecule has 32 heavy (non-hydrogen) atoms. The second-order valence-corrected chi connectivity index (χ2v) is 10.4. The Labute approximate surface area is 191 Å². The lowest BCUT2D eigenvalue weighted by Crippen LogP contribution is -2.26. The summed E-state index contributed by atoms with van der Waals surface area (Å²) in [4.78, 5) is 16.5. The van der Waals surface area contributed by atoms with Crippen molar-refractivity contribution >= 4 is 28.2 Å².